The second-order valence-electron chi connectivity index (χ2n) is 2.82. The Bertz CT molecular complexity index is 353. The zero-order chi connectivity index (χ0) is 11.8. The van der Waals surface area contributed by atoms with Crippen LogP contribution in [0.4, 0.5) is 22.0 Å². The Hall–Kier alpha value is -0.690. The van der Waals surface area contributed by atoms with Crippen LogP contribution >= 0.6 is 15.9 Å². The summed E-state index contributed by atoms with van der Waals surface area (Å²) in [6.07, 6.45) is -4.73. The summed E-state index contributed by atoms with van der Waals surface area (Å²) in [6, 6.07) is -1.30. The van der Waals surface area contributed by atoms with Gasteiger partial charge in [0.1, 0.15) is 17.7 Å². The van der Waals surface area contributed by atoms with Gasteiger partial charge in [-0.25, -0.2) is 8.78 Å². The first-order valence-corrected chi connectivity index (χ1v) is 4.49. The molecule has 0 heterocycles. The third kappa shape index (κ3) is 2.66. The van der Waals surface area contributed by atoms with E-state index in [1.54, 1.807) is 0 Å². The standard InChI is InChI=1S/C8H5BrF5N/c9-6-4(10)1-3(2-5(6)11)7(15)8(12,13)14/h1-2,7H,15H2. The molecule has 0 aliphatic heterocycles. The van der Waals surface area contributed by atoms with Gasteiger partial charge in [-0.3, -0.25) is 0 Å². The first-order chi connectivity index (χ1) is 6.73. The van der Waals surface area contributed by atoms with Crippen molar-refractivity contribution in [3.05, 3.63) is 33.8 Å². The molecule has 0 fully saturated rings. The molecular formula is C8H5BrF5N. The van der Waals surface area contributed by atoms with E-state index >= 15 is 0 Å². The fourth-order valence-electron chi connectivity index (χ4n) is 0.944. The van der Waals surface area contributed by atoms with Gasteiger partial charge in [0, 0.05) is 0 Å². The zero-order valence-electron chi connectivity index (χ0n) is 7.08. The quantitative estimate of drug-likeness (QED) is 0.623. The maximum Gasteiger partial charge on any atom is 0.407 e. The number of hydrogen-bond acceptors (Lipinski definition) is 1. The lowest BCUT2D eigenvalue weighted by atomic mass is 10.1. The van der Waals surface area contributed by atoms with Gasteiger partial charge in [-0.15, -0.1) is 0 Å². The molecule has 1 aromatic carbocycles. The van der Waals surface area contributed by atoms with Gasteiger partial charge in [0.2, 0.25) is 0 Å². The van der Waals surface area contributed by atoms with E-state index in [1.165, 1.54) is 0 Å². The van der Waals surface area contributed by atoms with E-state index in [0.29, 0.717) is 12.1 Å². The molecule has 0 saturated carbocycles. The normalized spacial score (nSPS) is 14.1. The Kier molecular flexibility index (Phi) is 3.34. The monoisotopic (exact) mass is 289 g/mol. The van der Waals surface area contributed by atoms with Crippen LogP contribution in [0.25, 0.3) is 0 Å². The number of benzene rings is 1. The van der Waals surface area contributed by atoms with Gasteiger partial charge < -0.3 is 5.73 Å². The van der Waals surface area contributed by atoms with Crippen molar-refractivity contribution in [1.82, 2.24) is 0 Å². The Balaban J connectivity index is 3.17. The summed E-state index contributed by atoms with van der Waals surface area (Å²) >= 11 is 2.54. The smallest absolute Gasteiger partial charge is 0.316 e. The number of hydrogen-bond donors (Lipinski definition) is 1. The molecule has 1 nitrogen and oxygen atoms in total. The second-order valence-corrected chi connectivity index (χ2v) is 3.61. The maximum atomic E-state index is 12.9. The lowest BCUT2D eigenvalue weighted by molar-refractivity contribution is -0.149. The van der Waals surface area contributed by atoms with Gasteiger partial charge in [-0.2, -0.15) is 13.2 Å². The van der Waals surface area contributed by atoms with E-state index in [1.807, 2.05) is 0 Å². The van der Waals surface area contributed by atoms with Crippen molar-refractivity contribution in [1.29, 1.82) is 0 Å². The number of halogens is 6. The van der Waals surface area contributed by atoms with Crippen molar-refractivity contribution in [2.24, 2.45) is 5.73 Å². The van der Waals surface area contributed by atoms with Crippen LogP contribution in [0.5, 0.6) is 0 Å². The highest BCUT2D eigenvalue weighted by Crippen LogP contribution is 2.32. The first-order valence-electron chi connectivity index (χ1n) is 3.70. The van der Waals surface area contributed by atoms with Crippen molar-refractivity contribution in [2.75, 3.05) is 0 Å². The molecule has 2 N–H and O–H groups in total. The summed E-state index contributed by atoms with van der Waals surface area (Å²) in [5.74, 6) is -2.24. The molecule has 0 saturated heterocycles. The summed E-state index contributed by atoms with van der Waals surface area (Å²) < 4.78 is 61.6. The molecule has 0 aliphatic carbocycles. The van der Waals surface area contributed by atoms with E-state index in [9.17, 15) is 22.0 Å². The highest BCUT2D eigenvalue weighted by molar-refractivity contribution is 9.10. The molecule has 7 heteroatoms. The molecule has 0 bridgehead atoms. The summed E-state index contributed by atoms with van der Waals surface area (Å²) in [5, 5.41) is 0. The van der Waals surface area contributed by atoms with Crippen LogP contribution in [0.3, 0.4) is 0 Å². The largest absolute Gasteiger partial charge is 0.407 e. The van der Waals surface area contributed by atoms with Gasteiger partial charge in [0.25, 0.3) is 0 Å². The van der Waals surface area contributed by atoms with Crippen molar-refractivity contribution in [3.8, 4) is 0 Å². The SMILES string of the molecule is NC(c1cc(F)c(Br)c(F)c1)C(F)(F)F. The van der Waals surface area contributed by atoms with Crippen LogP contribution < -0.4 is 5.73 Å². The van der Waals surface area contributed by atoms with Crippen LogP contribution in [0.1, 0.15) is 11.6 Å². The highest BCUT2D eigenvalue weighted by atomic mass is 79.9. The van der Waals surface area contributed by atoms with Crippen LogP contribution in [-0.2, 0) is 0 Å². The lowest BCUT2D eigenvalue weighted by Gasteiger charge is -2.16. The van der Waals surface area contributed by atoms with Gasteiger partial charge in [-0.05, 0) is 33.6 Å². The highest BCUT2D eigenvalue weighted by Gasteiger charge is 2.38. The van der Waals surface area contributed by atoms with E-state index in [4.69, 9.17) is 5.73 Å². The molecule has 84 valence electrons. The summed E-state index contributed by atoms with van der Waals surface area (Å²) in [7, 11) is 0. The molecule has 1 rings (SSSR count). The van der Waals surface area contributed by atoms with Crippen molar-refractivity contribution in [3.63, 3.8) is 0 Å². The molecule has 15 heavy (non-hydrogen) atoms. The number of nitrogens with two attached hydrogens (primary N) is 1. The predicted octanol–water partition coefficient (Wildman–Crippen LogP) is 3.29. The molecule has 1 atom stereocenters. The Morgan fingerprint density at radius 3 is 1.87 bits per heavy atom. The zero-order valence-corrected chi connectivity index (χ0v) is 8.66. The third-order valence-electron chi connectivity index (χ3n) is 1.72. The maximum absolute atomic E-state index is 12.9. The molecule has 0 radical (unpaired) electrons. The summed E-state index contributed by atoms with van der Waals surface area (Å²) in [6.45, 7) is 0. The van der Waals surface area contributed by atoms with Gasteiger partial charge >= 0.3 is 6.18 Å². The summed E-state index contributed by atoms with van der Waals surface area (Å²) in [5.41, 5.74) is 4.13. The first kappa shape index (κ1) is 12.4. The molecule has 0 aromatic heterocycles. The van der Waals surface area contributed by atoms with Crippen molar-refractivity contribution in [2.45, 2.75) is 12.2 Å². The van der Waals surface area contributed by atoms with E-state index < -0.39 is 33.9 Å². The molecule has 0 amide bonds. The number of alkyl halides is 3. The minimum Gasteiger partial charge on any atom is -0.316 e. The van der Waals surface area contributed by atoms with Crippen LogP contribution in [0.15, 0.2) is 16.6 Å². The van der Waals surface area contributed by atoms with Gasteiger partial charge in [-0.1, -0.05) is 0 Å². The minimum atomic E-state index is -4.73. The van der Waals surface area contributed by atoms with Crippen LogP contribution in [0.2, 0.25) is 0 Å². The average molecular weight is 290 g/mol. The molecule has 1 aromatic rings. The molecular weight excluding hydrogens is 285 g/mol. The van der Waals surface area contributed by atoms with Crippen LogP contribution in [0, 0.1) is 11.6 Å². The topological polar surface area (TPSA) is 26.0 Å². The fourth-order valence-corrected chi connectivity index (χ4v) is 1.17. The lowest BCUT2D eigenvalue weighted by Crippen LogP contribution is -2.28. The van der Waals surface area contributed by atoms with Gasteiger partial charge in [0.15, 0.2) is 0 Å². The predicted molar refractivity (Wildman–Crippen MR) is 47.0 cm³/mol. The van der Waals surface area contributed by atoms with Crippen molar-refractivity contribution < 1.29 is 22.0 Å². The summed E-state index contributed by atoms with van der Waals surface area (Å²) in [4.78, 5) is 0. The van der Waals surface area contributed by atoms with E-state index in [0.717, 1.165) is 0 Å². The Labute approximate surface area is 90.2 Å². The third-order valence-corrected chi connectivity index (χ3v) is 2.48. The molecule has 0 spiro atoms. The average Bonchev–Trinajstić information content (AvgIpc) is 2.10. The van der Waals surface area contributed by atoms with E-state index in [-0.39, 0.29) is 0 Å². The second kappa shape index (κ2) is 4.05. The molecule has 0 aliphatic rings. The van der Waals surface area contributed by atoms with E-state index in [2.05, 4.69) is 15.9 Å². The minimum absolute atomic E-state index is 0.513. The Morgan fingerprint density at radius 1 is 1.13 bits per heavy atom. The molecule has 1 unspecified atom stereocenters. The van der Waals surface area contributed by atoms with Crippen molar-refractivity contribution >= 4 is 15.9 Å². The Morgan fingerprint density at radius 2 is 1.53 bits per heavy atom. The fraction of sp³-hybridized carbons (Fsp3) is 0.250. The number of rotatable bonds is 1. The van der Waals surface area contributed by atoms with Gasteiger partial charge in [0.05, 0.1) is 4.47 Å². The van der Waals surface area contributed by atoms with Crippen LogP contribution in [-0.4, -0.2) is 6.18 Å².